The lowest BCUT2D eigenvalue weighted by molar-refractivity contribution is 0.0910. The minimum atomic E-state index is -3.73. The summed E-state index contributed by atoms with van der Waals surface area (Å²) in [5.41, 5.74) is 0.260. The minimum absolute atomic E-state index is 0. The highest BCUT2D eigenvalue weighted by Gasteiger charge is 2.37. The average molecular weight is 472 g/mol. The number of rotatable bonds is 7. The Morgan fingerprint density at radius 2 is 1.91 bits per heavy atom. The molecule has 0 bridgehead atoms. The Morgan fingerprint density at radius 1 is 1.25 bits per heavy atom. The molecule has 1 fully saturated rings. The molecule has 0 atom stereocenters. The maximum atomic E-state index is 13.4. The molecule has 2 N–H and O–H groups in total. The van der Waals surface area contributed by atoms with E-state index in [1.807, 2.05) is 34.6 Å². The first-order valence-electron chi connectivity index (χ1n) is 11.6. The Kier molecular flexibility index (Phi) is 9.29. The lowest BCUT2D eigenvalue weighted by atomic mass is 10.0. The summed E-state index contributed by atoms with van der Waals surface area (Å²) >= 11 is 0. The molecule has 0 radical (unpaired) electrons. The Balaban J connectivity index is 0.00000177. The van der Waals surface area contributed by atoms with Crippen molar-refractivity contribution in [2.24, 2.45) is 0 Å². The summed E-state index contributed by atoms with van der Waals surface area (Å²) in [7, 11) is -3.73. The normalized spacial score (nSPS) is 17.6. The second kappa shape index (κ2) is 11.3. The van der Waals surface area contributed by atoms with E-state index in [9.17, 15) is 13.2 Å². The Morgan fingerprint density at radius 3 is 2.50 bits per heavy atom. The summed E-state index contributed by atoms with van der Waals surface area (Å²) in [4.78, 5) is 16.9. The highest BCUT2D eigenvalue weighted by atomic mass is 32.2. The number of fused-ring (bicyclic) bond motifs is 1. The number of pyridine rings is 1. The average Bonchev–Trinajstić information content (AvgIpc) is 2.80. The predicted octanol–water partition coefficient (Wildman–Crippen LogP) is 2.79. The fraction of sp³-hybridized carbons (Fsp3) is 0.727. The summed E-state index contributed by atoms with van der Waals surface area (Å²) in [5, 5.41) is 6.34. The predicted molar refractivity (Wildman–Crippen MR) is 130 cm³/mol. The van der Waals surface area contributed by atoms with E-state index >= 15 is 0 Å². The van der Waals surface area contributed by atoms with Crippen LogP contribution in [0.3, 0.4) is 0 Å². The molecule has 2 aliphatic rings. The maximum Gasteiger partial charge on any atom is 0.304 e. The van der Waals surface area contributed by atoms with E-state index in [1.165, 1.54) is 14.8 Å². The van der Waals surface area contributed by atoms with Crippen LogP contribution >= 0.6 is 0 Å². The van der Waals surface area contributed by atoms with Gasteiger partial charge in [0.05, 0.1) is 12.1 Å². The fourth-order valence-electron chi connectivity index (χ4n) is 3.63. The number of hydrogen-bond donors (Lipinski definition) is 2. The summed E-state index contributed by atoms with van der Waals surface area (Å²) < 4.78 is 35.2. The van der Waals surface area contributed by atoms with Gasteiger partial charge >= 0.3 is 10.2 Å². The quantitative estimate of drug-likeness (QED) is 0.634. The van der Waals surface area contributed by atoms with Gasteiger partial charge in [-0.05, 0) is 45.7 Å². The van der Waals surface area contributed by atoms with Crippen molar-refractivity contribution < 1.29 is 19.4 Å². The maximum absolute atomic E-state index is 13.4. The molecule has 0 unspecified atom stereocenters. The number of ether oxygens (including phenoxy) is 1. The van der Waals surface area contributed by atoms with Gasteiger partial charge in [-0.15, -0.1) is 0 Å². The first-order chi connectivity index (χ1) is 15.2. The van der Waals surface area contributed by atoms with E-state index < -0.39 is 10.2 Å². The van der Waals surface area contributed by atoms with Crippen molar-refractivity contribution in [2.75, 3.05) is 37.1 Å². The highest BCUT2D eigenvalue weighted by molar-refractivity contribution is 7.90. The molecule has 184 valence electrons. The van der Waals surface area contributed by atoms with E-state index in [-0.39, 0.29) is 31.9 Å². The van der Waals surface area contributed by atoms with Gasteiger partial charge in [0.1, 0.15) is 12.3 Å². The van der Waals surface area contributed by atoms with Crippen LogP contribution in [0, 0.1) is 0 Å². The van der Waals surface area contributed by atoms with E-state index in [1.54, 1.807) is 6.07 Å². The van der Waals surface area contributed by atoms with Gasteiger partial charge in [0.2, 0.25) is 5.88 Å². The molecule has 1 aromatic rings. The first-order valence-corrected chi connectivity index (χ1v) is 13.0. The third kappa shape index (κ3) is 6.11. The number of hydrogen-bond acceptors (Lipinski definition) is 6. The number of aromatic nitrogens is 1. The van der Waals surface area contributed by atoms with Crippen molar-refractivity contribution in [3.63, 3.8) is 0 Å². The number of carbonyl (C=O) groups is 1. The standard InChI is InChI=1S/C20H33N5O4S.C2H6.H2/c1-5-20(3,4)23-18(26)15-13-17-19(22-14-15)29-12-11-25(17)30(27,28)24-9-7-16(8-10-24)21-6-2;1-2;/h13-14,16,21H,5-12H2,1-4H3,(H,23,26);1-2H3;1H. The number of amides is 1. The van der Waals surface area contributed by atoms with Crippen molar-refractivity contribution in [3.8, 4) is 5.88 Å². The zero-order valence-electron chi connectivity index (χ0n) is 20.3. The van der Waals surface area contributed by atoms with Crippen LogP contribution in [0.5, 0.6) is 5.88 Å². The molecule has 3 rings (SSSR count). The second-order valence-electron chi connectivity index (χ2n) is 8.40. The molecule has 32 heavy (non-hydrogen) atoms. The van der Waals surface area contributed by atoms with E-state index in [0.29, 0.717) is 30.4 Å². The number of piperidine rings is 1. The number of anilines is 1. The first kappa shape index (κ1) is 26.3. The lowest BCUT2D eigenvalue weighted by Crippen LogP contribution is -2.52. The van der Waals surface area contributed by atoms with Crippen LogP contribution in [0.4, 0.5) is 5.69 Å². The van der Waals surface area contributed by atoms with Gasteiger partial charge in [-0.3, -0.25) is 4.79 Å². The van der Waals surface area contributed by atoms with Crippen LogP contribution in [0.25, 0.3) is 0 Å². The number of carbonyl (C=O) groups excluding carboxylic acids is 1. The van der Waals surface area contributed by atoms with Crippen molar-refractivity contribution in [2.45, 2.75) is 72.4 Å². The third-order valence-electron chi connectivity index (χ3n) is 5.78. The summed E-state index contributed by atoms with van der Waals surface area (Å²) in [5.74, 6) is -0.0508. The van der Waals surface area contributed by atoms with Gasteiger partial charge in [-0.1, -0.05) is 27.7 Å². The van der Waals surface area contributed by atoms with Crippen molar-refractivity contribution in [1.82, 2.24) is 19.9 Å². The van der Waals surface area contributed by atoms with Crippen LogP contribution < -0.4 is 19.7 Å². The molecule has 1 amide bonds. The van der Waals surface area contributed by atoms with Gasteiger partial charge in [-0.25, -0.2) is 9.29 Å². The lowest BCUT2D eigenvalue weighted by Gasteiger charge is -2.37. The summed E-state index contributed by atoms with van der Waals surface area (Å²) in [6.45, 7) is 14.1. The molecular formula is C22H41N5O4S. The van der Waals surface area contributed by atoms with Crippen LogP contribution in [0.2, 0.25) is 0 Å². The fourth-order valence-corrected chi connectivity index (χ4v) is 5.26. The third-order valence-corrected chi connectivity index (χ3v) is 7.74. The topological polar surface area (TPSA) is 104 Å². The van der Waals surface area contributed by atoms with E-state index in [2.05, 4.69) is 22.5 Å². The molecule has 0 saturated carbocycles. The van der Waals surface area contributed by atoms with Gasteiger partial charge in [0.15, 0.2) is 0 Å². The minimum Gasteiger partial charge on any atom is -0.474 e. The molecular weight excluding hydrogens is 430 g/mol. The summed E-state index contributed by atoms with van der Waals surface area (Å²) in [6, 6.07) is 1.91. The molecule has 1 aromatic heterocycles. The molecule has 3 heterocycles. The van der Waals surface area contributed by atoms with Crippen LogP contribution in [0.15, 0.2) is 12.3 Å². The Hall–Kier alpha value is -1.91. The van der Waals surface area contributed by atoms with Gasteiger partial charge in [0, 0.05) is 32.3 Å². The smallest absolute Gasteiger partial charge is 0.304 e. The molecule has 0 aromatic carbocycles. The van der Waals surface area contributed by atoms with Gasteiger partial charge < -0.3 is 15.4 Å². The second-order valence-corrected chi connectivity index (χ2v) is 10.3. The van der Waals surface area contributed by atoms with Crippen LogP contribution in [-0.2, 0) is 10.2 Å². The van der Waals surface area contributed by atoms with Gasteiger partial charge in [0.25, 0.3) is 5.91 Å². The number of nitrogens with zero attached hydrogens (tertiary/aromatic N) is 3. The molecule has 10 heteroatoms. The summed E-state index contributed by atoms with van der Waals surface area (Å²) in [6.07, 6.45) is 3.75. The zero-order chi connectivity index (χ0) is 23.9. The SMILES string of the molecule is CC.CCNC1CCN(S(=O)(=O)N2CCOc3ncc(C(=O)NC(C)(C)CC)cc32)CC1.[HH]. The Bertz CT molecular complexity index is 874. The molecule has 9 nitrogen and oxygen atoms in total. The van der Waals surface area contributed by atoms with Crippen molar-refractivity contribution >= 4 is 21.8 Å². The van der Waals surface area contributed by atoms with E-state index in [4.69, 9.17) is 4.74 Å². The molecule has 2 aliphatic heterocycles. The monoisotopic (exact) mass is 471 g/mol. The van der Waals surface area contributed by atoms with Crippen LogP contribution in [-0.4, -0.2) is 68.0 Å². The van der Waals surface area contributed by atoms with Crippen LogP contribution in [0.1, 0.15) is 72.6 Å². The Labute approximate surface area is 194 Å². The van der Waals surface area contributed by atoms with E-state index in [0.717, 1.165) is 25.8 Å². The zero-order valence-corrected chi connectivity index (χ0v) is 21.1. The van der Waals surface area contributed by atoms with Crippen molar-refractivity contribution in [1.29, 1.82) is 0 Å². The number of nitrogens with one attached hydrogen (secondary N) is 2. The highest BCUT2D eigenvalue weighted by Crippen LogP contribution is 2.34. The largest absolute Gasteiger partial charge is 0.474 e. The molecule has 0 aliphatic carbocycles. The van der Waals surface area contributed by atoms with Gasteiger partial charge in [-0.2, -0.15) is 12.7 Å². The molecule has 0 spiro atoms. The van der Waals surface area contributed by atoms with Crippen molar-refractivity contribution in [3.05, 3.63) is 17.8 Å². The molecule has 1 saturated heterocycles.